The number of aliphatic carboxylic acids is 1. The average molecular weight is 374 g/mol. The molecule has 0 aliphatic carbocycles. The summed E-state index contributed by atoms with van der Waals surface area (Å²) in [5, 5.41) is 9.88. The molecule has 1 aromatic rings. The molecule has 0 bridgehead atoms. The predicted octanol–water partition coefficient (Wildman–Crippen LogP) is 2.94. The zero-order chi connectivity index (χ0) is 19.2. The molecule has 2 heterocycles. The van der Waals surface area contributed by atoms with E-state index in [2.05, 4.69) is 0 Å². The number of likely N-dealkylation sites (tertiary alicyclic amines) is 2. The van der Waals surface area contributed by atoms with Crippen LogP contribution in [-0.2, 0) is 9.59 Å². The van der Waals surface area contributed by atoms with Crippen LogP contribution in [0, 0.1) is 5.92 Å². The Hall–Kier alpha value is -2.08. The van der Waals surface area contributed by atoms with Crippen LogP contribution in [0.25, 0.3) is 0 Å². The van der Waals surface area contributed by atoms with Crippen LogP contribution in [-0.4, -0.2) is 59.6 Å². The minimum absolute atomic E-state index is 0.0240. The highest BCUT2D eigenvalue weighted by molar-refractivity contribution is 5.79. The average Bonchev–Trinajstić information content (AvgIpc) is 2.70. The van der Waals surface area contributed by atoms with Crippen LogP contribution in [0.5, 0.6) is 5.75 Å². The molecule has 2 aliphatic heterocycles. The minimum Gasteiger partial charge on any atom is -0.494 e. The standard InChI is InChI=1S/C21H30N2O4/c1-2-27-18-9-5-4-8-17(18)19(21(25)26)22-14-10-16(11-15-22)20(24)23-12-6-3-7-13-23/h4-5,8-9,16,19H,2-3,6-7,10-15H2,1H3,(H,25,26). The van der Waals surface area contributed by atoms with Crippen LogP contribution in [0.4, 0.5) is 0 Å². The fraction of sp³-hybridized carbons (Fsp3) is 0.619. The van der Waals surface area contributed by atoms with Gasteiger partial charge in [0.05, 0.1) is 6.61 Å². The summed E-state index contributed by atoms with van der Waals surface area (Å²) in [4.78, 5) is 28.8. The number of piperidine rings is 2. The largest absolute Gasteiger partial charge is 0.494 e. The van der Waals surface area contributed by atoms with Crippen molar-refractivity contribution in [1.82, 2.24) is 9.80 Å². The molecular formula is C21H30N2O4. The maximum Gasteiger partial charge on any atom is 0.325 e. The number of rotatable bonds is 6. The summed E-state index contributed by atoms with van der Waals surface area (Å²) in [7, 11) is 0. The molecule has 1 N–H and O–H groups in total. The predicted molar refractivity (Wildman–Crippen MR) is 103 cm³/mol. The highest BCUT2D eigenvalue weighted by atomic mass is 16.5. The lowest BCUT2D eigenvalue weighted by atomic mass is 9.92. The lowest BCUT2D eigenvalue weighted by molar-refractivity contribution is -0.145. The van der Waals surface area contributed by atoms with Crippen LogP contribution in [0.2, 0.25) is 0 Å². The molecule has 1 amide bonds. The quantitative estimate of drug-likeness (QED) is 0.829. The number of para-hydroxylation sites is 1. The number of carbonyl (C=O) groups excluding carboxylic acids is 1. The molecule has 148 valence electrons. The number of hydrogen-bond donors (Lipinski definition) is 1. The summed E-state index contributed by atoms with van der Waals surface area (Å²) in [5.41, 5.74) is 0.688. The number of carboxylic acid groups (broad SMARTS) is 1. The first-order valence-electron chi connectivity index (χ1n) is 10.1. The summed E-state index contributed by atoms with van der Waals surface area (Å²) < 4.78 is 5.65. The molecule has 1 unspecified atom stereocenters. The first-order valence-corrected chi connectivity index (χ1v) is 10.1. The second-order valence-electron chi connectivity index (χ2n) is 7.41. The first kappa shape index (κ1) is 19.7. The Balaban J connectivity index is 1.67. The molecule has 0 spiro atoms. The monoisotopic (exact) mass is 374 g/mol. The van der Waals surface area contributed by atoms with E-state index < -0.39 is 12.0 Å². The smallest absolute Gasteiger partial charge is 0.325 e. The zero-order valence-corrected chi connectivity index (χ0v) is 16.1. The van der Waals surface area contributed by atoms with Crippen molar-refractivity contribution < 1.29 is 19.4 Å². The molecule has 6 heteroatoms. The van der Waals surface area contributed by atoms with Gasteiger partial charge in [0.25, 0.3) is 0 Å². The van der Waals surface area contributed by atoms with E-state index in [0.717, 1.165) is 38.8 Å². The highest BCUT2D eigenvalue weighted by Crippen LogP contribution is 2.33. The molecule has 2 fully saturated rings. The Morgan fingerprint density at radius 2 is 1.78 bits per heavy atom. The maximum atomic E-state index is 12.7. The Labute approximate surface area is 161 Å². The van der Waals surface area contributed by atoms with Crippen LogP contribution in [0.15, 0.2) is 24.3 Å². The lowest BCUT2D eigenvalue weighted by Crippen LogP contribution is -2.46. The second-order valence-corrected chi connectivity index (χ2v) is 7.41. The normalized spacial score (nSPS) is 20.3. The molecule has 6 nitrogen and oxygen atoms in total. The van der Waals surface area contributed by atoms with Gasteiger partial charge in [-0.2, -0.15) is 0 Å². The van der Waals surface area contributed by atoms with E-state index in [0.29, 0.717) is 31.0 Å². The van der Waals surface area contributed by atoms with Gasteiger partial charge in [-0.1, -0.05) is 18.2 Å². The van der Waals surface area contributed by atoms with Crippen molar-refractivity contribution in [3.05, 3.63) is 29.8 Å². The molecule has 27 heavy (non-hydrogen) atoms. The second kappa shape index (κ2) is 9.22. The van der Waals surface area contributed by atoms with Crippen LogP contribution in [0.1, 0.15) is 50.6 Å². The van der Waals surface area contributed by atoms with E-state index >= 15 is 0 Å². The fourth-order valence-corrected chi connectivity index (χ4v) is 4.26. The van der Waals surface area contributed by atoms with E-state index in [4.69, 9.17) is 4.74 Å². The number of carboxylic acids is 1. The molecule has 3 rings (SSSR count). The van der Waals surface area contributed by atoms with Gasteiger partial charge in [0.2, 0.25) is 5.91 Å². The van der Waals surface area contributed by atoms with E-state index in [1.807, 2.05) is 41.0 Å². The van der Waals surface area contributed by atoms with Crippen molar-refractivity contribution in [2.45, 2.75) is 45.1 Å². The van der Waals surface area contributed by atoms with Gasteiger partial charge >= 0.3 is 5.97 Å². The number of ether oxygens (including phenoxy) is 1. The van der Waals surface area contributed by atoms with Crippen molar-refractivity contribution >= 4 is 11.9 Å². The molecular weight excluding hydrogens is 344 g/mol. The summed E-state index contributed by atoms with van der Waals surface area (Å²) in [6.07, 6.45) is 4.84. The Kier molecular flexibility index (Phi) is 6.72. The van der Waals surface area contributed by atoms with Crippen molar-refractivity contribution in [2.75, 3.05) is 32.8 Å². The fourth-order valence-electron chi connectivity index (χ4n) is 4.26. The van der Waals surface area contributed by atoms with Crippen molar-refractivity contribution in [2.24, 2.45) is 5.92 Å². The first-order chi connectivity index (χ1) is 13.1. The van der Waals surface area contributed by atoms with Crippen LogP contribution < -0.4 is 4.74 Å². The molecule has 1 aromatic carbocycles. The summed E-state index contributed by atoms with van der Waals surface area (Å²) in [6.45, 7) is 5.36. The van der Waals surface area contributed by atoms with E-state index in [9.17, 15) is 14.7 Å². The van der Waals surface area contributed by atoms with Gasteiger partial charge in [0, 0.05) is 37.7 Å². The van der Waals surface area contributed by atoms with Gasteiger partial charge in [0.15, 0.2) is 0 Å². The number of benzene rings is 1. The van der Waals surface area contributed by atoms with E-state index in [-0.39, 0.29) is 11.8 Å². The molecule has 1 atom stereocenters. The summed E-state index contributed by atoms with van der Waals surface area (Å²) >= 11 is 0. The third-order valence-corrected chi connectivity index (χ3v) is 5.66. The van der Waals surface area contributed by atoms with Gasteiger partial charge in [-0.15, -0.1) is 0 Å². The number of nitrogens with zero attached hydrogens (tertiary/aromatic N) is 2. The van der Waals surface area contributed by atoms with Crippen molar-refractivity contribution in [1.29, 1.82) is 0 Å². The van der Waals surface area contributed by atoms with Gasteiger partial charge in [-0.05, 0) is 45.1 Å². The van der Waals surface area contributed by atoms with E-state index in [1.165, 1.54) is 6.42 Å². The topological polar surface area (TPSA) is 70.1 Å². The van der Waals surface area contributed by atoms with Crippen LogP contribution >= 0.6 is 0 Å². The number of amides is 1. The zero-order valence-electron chi connectivity index (χ0n) is 16.1. The highest BCUT2D eigenvalue weighted by Gasteiger charge is 2.35. The lowest BCUT2D eigenvalue weighted by Gasteiger charge is -2.38. The Bertz CT molecular complexity index is 649. The molecule has 2 saturated heterocycles. The van der Waals surface area contributed by atoms with Crippen molar-refractivity contribution in [3.8, 4) is 5.75 Å². The maximum absolute atomic E-state index is 12.7. The summed E-state index contributed by atoms with van der Waals surface area (Å²) in [6, 6.07) is 6.62. The van der Waals surface area contributed by atoms with Gasteiger partial charge < -0.3 is 14.7 Å². The van der Waals surface area contributed by atoms with Crippen LogP contribution in [0.3, 0.4) is 0 Å². The van der Waals surface area contributed by atoms with E-state index in [1.54, 1.807) is 0 Å². The minimum atomic E-state index is -0.872. The Morgan fingerprint density at radius 3 is 2.41 bits per heavy atom. The third-order valence-electron chi connectivity index (χ3n) is 5.66. The van der Waals surface area contributed by atoms with Gasteiger partial charge in [-0.25, -0.2) is 0 Å². The molecule has 2 aliphatic rings. The van der Waals surface area contributed by atoms with Gasteiger partial charge in [0.1, 0.15) is 11.8 Å². The molecule has 0 radical (unpaired) electrons. The third kappa shape index (κ3) is 4.61. The van der Waals surface area contributed by atoms with Gasteiger partial charge in [-0.3, -0.25) is 14.5 Å². The number of carbonyl (C=O) groups is 2. The number of hydrogen-bond acceptors (Lipinski definition) is 4. The molecule has 0 saturated carbocycles. The summed E-state index contributed by atoms with van der Waals surface area (Å²) in [5.74, 6) is 0.0359. The Morgan fingerprint density at radius 1 is 1.11 bits per heavy atom. The molecule has 0 aromatic heterocycles. The van der Waals surface area contributed by atoms with Crippen molar-refractivity contribution in [3.63, 3.8) is 0 Å². The SMILES string of the molecule is CCOc1ccccc1C(C(=O)O)N1CCC(C(=O)N2CCCCC2)CC1.